The molecule has 3 fully saturated rings. The van der Waals surface area contributed by atoms with Gasteiger partial charge in [0.1, 0.15) is 0 Å². The molecule has 1 radical (unpaired) electrons. The molecular weight excluding hydrogens is 276 g/mol. The van der Waals surface area contributed by atoms with E-state index in [0.29, 0.717) is 0 Å². The van der Waals surface area contributed by atoms with Gasteiger partial charge in [0.2, 0.25) is 0 Å². The Bertz CT molecular complexity index is 557. The molecule has 6 unspecified atom stereocenters. The number of hydrogen-bond donors (Lipinski definition) is 0. The maximum absolute atomic E-state index is 5.07. The van der Waals surface area contributed by atoms with E-state index in [-0.39, 0.29) is 5.41 Å². The lowest BCUT2D eigenvalue weighted by atomic mass is 9.60. The maximum atomic E-state index is 5.07. The van der Waals surface area contributed by atoms with Crippen LogP contribution in [0.4, 0.5) is 0 Å². The molecule has 6 aliphatic rings. The van der Waals surface area contributed by atoms with E-state index < -0.39 is 0 Å². The first-order valence-electron chi connectivity index (χ1n) is 10.2. The molecule has 0 aromatic rings. The number of hydrogen-bond acceptors (Lipinski definition) is 0. The SMILES string of the molecule is [CH2]C(C1=CC2CCC1C2)(C1=CC2CCC1C2)C1=CC2CCC1C2. The van der Waals surface area contributed by atoms with Gasteiger partial charge in [0, 0.05) is 5.41 Å². The van der Waals surface area contributed by atoms with Crippen LogP contribution < -0.4 is 0 Å². The summed E-state index contributed by atoms with van der Waals surface area (Å²) in [6.07, 6.45) is 21.1. The normalized spacial score (nSPS) is 48.7. The molecule has 0 heterocycles. The van der Waals surface area contributed by atoms with Gasteiger partial charge in [0.15, 0.2) is 0 Å². The largest absolute Gasteiger partial charge is 0.0807 e. The molecular formula is C23H29. The summed E-state index contributed by atoms with van der Waals surface area (Å²) in [5.41, 5.74) is 5.39. The van der Waals surface area contributed by atoms with E-state index in [1.165, 1.54) is 57.8 Å². The molecule has 0 N–H and O–H groups in total. The Balaban J connectivity index is 1.50. The standard InChI is InChI=1S/C23H29/c1-23(20-11-14-2-5-17(20)8-14,21-12-15-3-6-18(21)9-15)22-13-16-4-7-19(22)10-16/h11-19H,1-10H2. The molecule has 0 aromatic carbocycles. The Labute approximate surface area is 141 Å². The van der Waals surface area contributed by atoms with E-state index in [1.807, 2.05) is 0 Å². The minimum atomic E-state index is 0.0828. The quantitative estimate of drug-likeness (QED) is 0.571. The molecule has 121 valence electrons. The van der Waals surface area contributed by atoms with Crippen LogP contribution in [0.15, 0.2) is 34.9 Å². The van der Waals surface area contributed by atoms with Crippen molar-refractivity contribution in [3.63, 3.8) is 0 Å². The Kier molecular flexibility index (Phi) is 2.60. The highest BCUT2D eigenvalue weighted by atomic mass is 14.6. The first kappa shape index (κ1) is 13.5. The topological polar surface area (TPSA) is 0 Å². The zero-order chi connectivity index (χ0) is 15.2. The summed E-state index contributed by atoms with van der Waals surface area (Å²) in [6.45, 7) is 5.07. The summed E-state index contributed by atoms with van der Waals surface area (Å²) < 4.78 is 0. The molecule has 0 aromatic heterocycles. The highest BCUT2D eigenvalue weighted by molar-refractivity contribution is 5.51. The smallest absolute Gasteiger partial charge is 0.0339 e. The Morgan fingerprint density at radius 3 is 1.17 bits per heavy atom. The van der Waals surface area contributed by atoms with Crippen molar-refractivity contribution < 1.29 is 0 Å². The minimum Gasteiger partial charge on any atom is -0.0807 e. The van der Waals surface area contributed by atoms with Gasteiger partial charge < -0.3 is 0 Å². The lowest BCUT2D eigenvalue weighted by Crippen LogP contribution is -2.33. The van der Waals surface area contributed by atoms with Crippen molar-refractivity contribution in [2.24, 2.45) is 40.9 Å². The molecule has 23 heavy (non-hydrogen) atoms. The monoisotopic (exact) mass is 305 g/mol. The van der Waals surface area contributed by atoms with Crippen LogP contribution in [0.1, 0.15) is 57.8 Å². The van der Waals surface area contributed by atoms with Crippen molar-refractivity contribution in [2.45, 2.75) is 57.8 Å². The number of allylic oxidation sites excluding steroid dienone is 6. The zero-order valence-electron chi connectivity index (χ0n) is 14.3. The molecule has 3 saturated carbocycles. The molecule has 0 heteroatoms. The van der Waals surface area contributed by atoms with Crippen molar-refractivity contribution in [3.8, 4) is 0 Å². The number of fused-ring (bicyclic) bond motifs is 6. The van der Waals surface area contributed by atoms with Gasteiger partial charge in [0.25, 0.3) is 0 Å². The third-order valence-electron chi connectivity index (χ3n) is 8.46. The molecule has 6 aliphatic carbocycles. The summed E-state index contributed by atoms with van der Waals surface area (Å²) in [4.78, 5) is 0. The van der Waals surface area contributed by atoms with Crippen molar-refractivity contribution in [3.05, 3.63) is 41.9 Å². The molecule has 6 atom stereocenters. The van der Waals surface area contributed by atoms with Gasteiger partial charge in [-0.2, -0.15) is 0 Å². The Hall–Kier alpha value is -0.780. The van der Waals surface area contributed by atoms with Gasteiger partial charge in [-0.25, -0.2) is 0 Å². The summed E-state index contributed by atoms with van der Waals surface area (Å²) in [5, 5.41) is 0. The zero-order valence-corrected chi connectivity index (χ0v) is 14.3. The summed E-state index contributed by atoms with van der Waals surface area (Å²) in [6, 6.07) is 0. The van der Waals surface area contributed by atoms with E-state index in [9.17, 15) is 0 Å². The molecule has 6 bridgehead atoms. The van der Waals surface area contributed by atoms with Crippen molar-refractivity contribution in [2.75, 3.05) is 0 Å². The second kappa shape index (κ2) is 4.44. The summed E-state index contributed by atoms with van der Waals surface area (Å²) in [5.74, 6) is 5.23. The first-order chi connectivity index (χ1) is 11.2. The van der Waals surface area contributed by atoms with E-state index in [4.69, 9.17) is 6.92 Å². The Morgan fingerprint density at radius 1 is 0.609 bits per heavy atom. The van der Waals surface area contributed by atoms with Crippen LogP contribution in [0.5, 0.6) is 0 Å². The van der Waals surface area contributed by atoms with Crippen LogP contribution >= 0.6 is 0 Å². The molecule has 6 rings (SSSR count). The lowest BCUT2D eigenvalue weighted by molar-refractivity contribution is 0.426. The van der Waals surface area contributed by atoms with Gasteiger partial charge in [0.05, 0.1) is 0 Å². The maximum Gasteiger partial charge on any atom is 0.0339 e. The Morgan fingerprint density at radius 2 is 0.957 bits per heavy atom. The van der Waals surface area contributed by atoms with Crippen LogP contribution in [0.25, 0.3) is 0 Å². The number of rotatable bonds is 3. The van der Waals surface area contributed by atoms with Crippen molar-refractivity contribution in [1.29, 1.82) is 0 Å². The van der Waals surface area contributed by atoms with Gasteiger partial charge in [-0.1, -0.05) is 34.9 Å². The molecule has 0 spiro atoms. The lowest BCUT2D eigenvalue weighted by Gasteiger charge is -2.43. The third kappa shape index (κ3) is 1.68. The summed E-state index contributed by atoms with van der Waals surface area (Å²) in [7, 11) is 0. The average molecular weight is 305 g/mol. The fourth-order valence-corrected chi connectivity index (χ4v) is 7.49. The second-order valence-electron chi connectivity index (χ2n) is 9.58. The van der Waals surface area contributed by atoms with E-state index in [1.54, 1.807) is 16.7 Å². The van der Waals surface area contributed by atoms with Gasteiger partial charge >= 0.3 is 0 Å². The van der Waals surface area contributed by atoms with Gasteiger partial charge in [-0.3, -0.25) is 0 Å². The third-order valence-corrected chi connectivity index (χ3v) is 8.46. The predicted molar refractivity (Wildman–Crippen MR) is 94.5 cm³/mol. The molecule has 0 nitrogen and oxygen atoms in total. The van der Waals surface area contributed by atoms with E-state index in [2.05, 4.69) is 18.2 Å². The van der Waals surface area contributed by atoms with Crippen molar-refractivity contribution in [1.82, 2.24) is 0 Å². The van der Waals surface area contributed by atoms with Crippen LogP contribution in [0, 0.1) is 47.8 Å². The molecule has 0 aliphatic heterocycles. The van der Waals surface area contributed by atoms with E-state index in [0.717, 1.165) is 35.5 Å². The fourth-order valence-electron chi connectivity index (χ4n) is 7.49. The van der Waals surface area contributed by atoms with Gasteiger partial charge in [-0.05, 0) is 100 Å². The molecule has 0 saturated heterocycles. The van der Waals surface area contributed by atoms with Crippen LogP contribution in [-0.2, 0) is 0 Å². The summed E-state index contributed by atoms with van der Waals surface area (Å²) >= 11 is 0. The van der Waals surface area contributed by atoms with E-state index >= 15 is 0 Å². The van der Waals surface area contributed by atoms with Crippen LogP contribution in [0.3, 0.4) is 0 Å². The highest BCUT2D eigenvalue weighted by Gasteiger charge is 2.53. The van der Waals surface area contributed by atoms with Gasteiger partial charge in [-0.15, -0.1) is 0 Å². The predicted octanol–water partition coefficient (Wildman–Crippen LogP) is 5.88. The van der Waals surface area contributed by atoms with Crippen LogP contribution in [0.2, 0.25) is 0 Å². The fraction of sp³-hybridized carbons (Fsp3) is 0.696. The minimum absolute atomic E-state index is 0.0828. The highest BCUT2D eigenvalue weighted by Crippen LogP contribution is 2.64. The van der Waals surface area contributed by atoms with Crippen molar-refractivity contribution >= 4 is 0 Å². The van der Waals surface area contributed by atoms with Crippen LogP contribution in [-0.4, -0.2) is 0 Å². The average Bonchev–Trinajstić information content (AvgIpc) is 3.40. The molecule has 0 amide bonds. The second-order valence-corrected chi connectivity index (χ2v) is 9.58. The first-order valence-corrected chi connectivity index (χ1v) is 10.2.